The number of carbonyl (C=O) groups excluding carboxylic acids is 4. The summed E-state index contributed by atoms with van der Waals surface area (Å²) in [4.78, 5) is 88.5. The average molecular weight is 950 g/mol. The van der Waals surface area contributed by atoms with Crippen LogP contribution in [-0.2, 0) is 43.5 Å². The van der Waals surface area contributed by atoms with Crippen molar-refractivity contribution in [2.45, 2.75) is 110 Å². The van der Waals surface area contributed by atoms with Crippen LogP contribution in [0.1, 0.15) is 68.4 Å². The van der Waals surface area contributed by atoms with Gasteiger partial charge in [-0.05, 0) is 60.5 Å². The topological polar surface area (TPSA) is 278 Å². The van der Waals surface area contributed by atoms with Crippen molar-refractivity contribution in [2.75, 3.05) is 30.5 Å². The first-order valence-electron chi connectivity index (χ1n) is 21.6. The number of hydrogen-bond donors (Lipinski definition) is 5. The number of fused-ring (bicyclic) bond motifs is 1. The molecule has 22 heteroatoms. The molecule has 0 radical (unpaired) electrons. The fourth-order valence-electron chi connectivity index (χ4n) is 6.34. The number of anilines is 1. The molecule has 4 heterocycles. The number of aliphatic carboxylic acids is 2. The first-order valence-corrected chi connectivity index (χ1v) is 26.7. The van der Waals surface area contributed by atoms with Crippen LogP contribution in [0.5, 0.6) is 0 Å². The van der Waals surface area contributed by atoms with Crippen LogP contribution >= 0.6 is 11.8 Å². The molecule has 4 amide bonds. The molecular weight excluding hydrogens is 891 g/mol. The minimum absolute atomic E-state index is 0.0262. The first-order chi connectivity index (χ1) is 31.4. The van der Waals surface area contributed by atoms with Gasteiger partial charge in [-0.1, -0.05) is 44.6 Å². The summed E-state index contributed by atoms with van der Waals surface area (Å²) in [6, 6.07) is 10.5. The van der Waals surface area contributed by atoms with E-state index in [0.717, 1.165) is 42.0 Å². The van der Waals surface area contributed by atoms with Crippen LogP contribution in [-0.4, -0.2) is 115 Å². The van der Waals surface area contributed by atoms with E-state index in [-0.39, 0.29) is 60.4 Å². The van der Waals surface area contributed by atoms with Gasteiger partial charge in [0.2, 0.25) is 11.8 Å². The maximum Gasteiger partial charge on any atom is 0.407 e. The van der Waals surface area contributed by atoms with Gasteiger partial charge in [0.15, 0.2) is 0 Å². The summed E-state index contributed by atoms with van der Waals surface area (Å²) in [5.74, 6) is -1.80. The number of aromatic nitrogens is 5. The number of aryl methyl sites for hydroxylation is 2. The fraction of sp³-hybridized carbons (Fsp3) is 0.477. The fourth-order valence-corrected chi connectivity index (χ4v) is 7.61. The Kier molecular flexibility index (Phi) is 20.5. The number of alkyl carbamates (subject to hydrolysis) is 1. The van der Waals surface area contributed by atoms with Crippen LogP contribution in [0.15, 0.2) is 58.0 Å². The Morgan fingerprint density at radius 3 is 2.29 bits per heavy atom. The molecule has 1 aliphatic heterocycles. The Balaban J connectivity index is 0.000000475. The molecule has 5 rings (SSSR count). The molecule has 1 atom stereocenters. The van der Waals surface area contributed by atoms with Gasteiger partial charge in [0.1, 0.15) is 17.4 Å². The van der Waals surface area contributed by atoms with Gasteiger partial charge >= 0.3 is 24.1 Å². The zero-order chi connectivity index (χ0) is 48.2. The molecule has 0 spiro atoms. The number of ketones is 1. The molecule has 5 N–H and O–H groups in total. The number of benzene rings is 1. The highest BCUT2D eigenvalue weighted by Gasteiger charge is 2.24. The maximum absolute atomic E-state index is 13.4. The number of carboxylic acid groups (broad SMARTS) is 2. The number of nitrogens with one attached hydrogen (secondary N) is 3. The highest BCUT2D eigenvalue weighted by atomic mass is 32.2. The summed E-state index contributed by atoms with van der Waals surface area (Å²) in [5, 5.41) is 38.1. The third-order valence-electron chi connectivity index (χ3n) is 10.1. The molecule has 356 valence electrons. The molecule has 0 aliphatic carbocycles. The SMILES string of the molecule is CSC[C@H](NC(=O)OCC[Si](C)(C)C)C(=O)O.Cc1nnc(-c2cc(-c3ccc(NC(=O)N4Cc5ccncc5C4)cc3)nn(CCCCCCNC(=O)CCC(=O)CCC(=O)O)c2=O)o1. The third-order valence-corrected chi connectivity index (χ3v) is 12.4. The number of thioether (sulfide) groups is 1. The van der Waals surface area contributed by atoms with Crippen LogP contribution in [0, 0.1) is 6.92 Å². The molecule has 1 aromatic carbocycles. The van der Waals surface area contributed by atoms with Crippen LogP contribution in [0.25, 0.3) is 22.7 Å². The van der Waals surface area contributed by atoms with Gasteiger partial charge in [-0.2, -0.15) is 16.9 Å². The second-order valence-electron chi connectivity index (χ2n) is 16.7. The molecule has 0 bridgehead atoms. The molecule has 1 aliphatic rings. The molecule has 0 fully saturated rings. The quantitative estimate of drug-likeness (QED) is 0.0423. The minimum Gasteiger partial charge on any atom is -0.481 e. The summed E-state index contributed by atoms with van der Waals surface area (Å²) < 4.78 is 11.9. The Morgan fingerprint density at radius 1 is 0.924 bits per heavy atom. The first kappa shape index (κ1) is 52.2. The van der Waals surface area contributed by atoms with Crippen LogP contribution < -0.4 is 21.5 Å². The number of pyridine rings is 1. The highest BCUT2D eigenvalue weighted by Crippen LogP contribution is 2.25. The Hall–Kier alpha value is -6.42. The molecule has 4 aromatic rings. The number of unbranched alkanes of at least 4 members (excludes halogenated alkanes) is 3. The lowest BCUT2D eigenvalue weighted by Gasteiger charge is -2.17. The lowest BCUT2D eigenvalue weighted by molar-refractivity contribution is -0.139. The van der Waals surface area contributed by atoms with Gasteiger partial charge < -0.3 is 40.2 Å². The number of rotatable bonds is 23. The van der Waals surface area contributed by atoms with Gasteiger partial charge in [0, 0.05) is 89.8 Å². The lowest BCUT2D eigenvalue weighted by atomic mass is 10.1. The van der Waals surface area contributed by atoms with Crippen molar-refractivity contribution in [3.63, 3.8) is 0 Å². The second-order valence-corrected chi connectivity index (χ2v) is 23.3. The smallest absolute Gasteiger partial charge is 0.407 e. The van der Waals surface area contributed by atoms with Gasteiger partial charge in [0.25, 0.3) is 11.4 Å². The Morgan fingerprint density at radius 2 is 1.64 bits per heavy atom. The van der Waals surface area contributed by atoms with E-state index >= 15 is 0 Å². The predicted molar refractivity (Wildman–Crippen MR) is 249 cm³/mol. The summed E-state index contributed by atoms with van der Waals surface area (Å²) in [6.07, 6.45) is 7.36. The number of carboxylic acids is 2. The van der Waals surface area contributed by atoms with E-state index in [1.807, 2.05) is 18.2 Å². The van der Waals surface area contributed by atoms with Gasteiger partial charge in [-0.15, -0.1) is 10.2 Å². The average Bonchev–Trinajstić information content (AvgIpc) is 3.91. The Bertz CT molecular complexity index is 2330. The minimum atomic E-state index is -1.23. The molecular formula is C44H59N9O11SSi. The van der Waals surface area contributed by atoms with Crippen molar-refractivity contribution in [1.82, 2.24) is 40.5 Å². The normalized spacial score (nSPS) is 12.3. The van der Waals surface area contributed by atoms with Crippen molar-refractivity contribution in [3.8, 4) is 22.7 Å². The number of carbonyl (C=O) groups is 6. The van der Waals surface area contributed by atoms with Gasteiger partial charge in [-0.3, -0.25) is 24.2 Å². The standard InChI is InChI=1S/C34H38N8O7.C10H21NO4SSi/c1-22-38-39-32(49-22)28-18-29(23-6-8-26(9-7-23)37-34(48)41-20-24-14-16-35-19-25(24)21-41)40-42(33(28)47)17-5-3-2-4-15-36-30(44)12-10-27(43)11-13-31(45)46;1-16-7-8(9(12)13)11-10(14)15-5-6-17(2,3)4/h6-9,14,16,18-19H,2-5,10-13,15,17,20-21H2,1H3,(H,36,44)(H,37,48)(H,45,46);8H,5-7H2,1-4H3,(H,11,14)(H,12,13)/t;8-/m.0/s1. The molecule has 0 unspecified atom stereocenters. The monoisotopic (exact) mass is 949 g/mol. The third kappa shape index (κ3) is 17.9. The van der Waals surface area contributed by atoms with Gasteiger partial charge in [-0.25, -0.2) is 19.1 Å². The van der Waals surface area contributed by atoms with Crippen molar-refractivity contribution in [1.29, 1.82) is 0 Å². The summed E-state index contributed by atoms with van der Waals surface area (Å²) >= 11 is 1.36. The van der Waals surface area contributed by atoms with E-state index < -0.39 is 32.1 Å². The summed E-state index contributed by atoms with van der Waals surface area (Å²) in [7, 11) is -1.23. The van der Waals surface area contributed by atoms with E-state index in [4.69, 9.17) is 19.4 Å². The van der Waals surface area contributed by atoms with E-state index in [0.29, 0.717) is 62.2 Å². The molecule has 66 heavy (non-hydrogen) atoms. The second kappa shape index (κ2) is 25.9. The van der Waals surface area contributed by atoms with Crippen molar-refractivity contribution >= 4 is 61.3 Å². The zero-order valence-electron chi connectivity index (χ0n) is 38.0. The zero-order valence-corrected chi connectivity index (χ0v) is 39.8. The van der Waals surface area contributed by atoms with Crippen molar-refractivity contribution in [3.05, 3.63) is 76.2 Å². The maximum atomic E-state index is 13.4. The molecule has 0 saturated carbocycles. The number of hydrogen-bond acceptors (Lipinski definition) is 14. The predicted octanol–water partition coefficient (Wildman–Crippen LogP) is 5.97. The number of Topliss-reactive ketones (excluding diaryl/α,β-unsaturated/α-hetero) is 1. The van der Waals surface area contributed by atoms with Gasteiger partial charge in [0.05, 0.1) is 18.7 Å². The number of urea groups is 1. The summed E-state index contributed by atoms with van der Waals surface area (Å²) in [5.41, 5.74) is 3.85. The van der Waals surface area contributed by atoms with E-state index in [1.54, 1.807) is 48.7 Å². The van der Waals surface area contributed by atoms with E-state index in [1.165, 1.54) is 16.4 Å². The van der Waals surface area contributed by atoms with Crippen LogP contribution in [0.4, 0.5) is 15.3 Å². The number of ether oxygens (including phenoxy) is 1. The molecule has 0 saturated heterocycles. The molecule has 20 nitrogen and oxygen atoms in total. The number of nitrogens with zero attached hydrogens (tertiary/aromatic N) is 6. The molecule has 3 aromatic heterocycles. The van der Waals surface area contributed by atoms with E-state index in [2.05, 4.69) is 55.9 Å². The number of amides is 4. The van der Waals surface area contributed by atoms with Crippen LogP contribution in [0.2, 0.25) is 25.7 Å². The largest absolute Gasteiger partial charge is 0.481 e. The van der Waals surface area contributed by atoms with Crippen molar-refractivity contribution in [2.24, 2.45) is 0 Å². The van der Waals surface area contributed by atoms with Crippen molar-refractivity contribution < 1.29 is 48.1 Å². The Labute approximate surface area is 387 Å². The lowest BCUT2D eigenvalue weighted by Crippen LogP contribution is -2.43. The summed E-state index contributed by atoms with van der Waals surface area (Å²) in [6.45, 7) is 10.4. The van der Waals surface area contributed by atoms with Crippen LogP contribution in [0.3, 0.4) is 0 Å². The highest BCUT2D eigenvalue weighted by molar-refractivity contribution is 7.98. The van der Waals surface area contributed by atoms with E-state index in [9.17, 15) is 33.6 Å².